The highest BCUT2D eigenvalue weighted by Gasteiger charge is 2.45. The van der Waals surface area contributed by atoms with E-state index in [1.54, 1.807) is 16.4 Å². The average molecular weight is 401 g/mol. The van der Waals surface area contributed by atoms with Crippen LogP contribution in [0.5, 0.6) is 0 Å². The van der Waals surface area contributed by atoms with Gasteiger partial charge in [0.2, 0.25) is 15.9 Å². The van der Waals surface area contributed by atoms with Crippen LogP contribution in [0.15, 0.2) is 47.4 Å². The summed E-state index contributed by atoms with van der Waals surface area (Å²) in [4.78, 5) is 14.8. The van der Waals surface area contributed by atoms with Crippen molar-refractivity contribution >= 4 is 26.7 Å². The van der Waals surface area contributed by atoms with Crippen LogP contribution in [-0.4, -0.2) is 49.2 Å². The number of rotatable bonds is 4. The number of amides is 1. The third-order valence-electron chi connectivity index (χ3n) is 5.99. The van der Waals surface area contributed by atoms with Crippen molar-refractivity contribution in [2.24, 2.45) is 11.8 Å². The fourth-order valence-corrected chi connectivity index (χ4v) is 6.33. The second-order valence-corrected chi connectivity index (χ2v) is 10.4. The van der Waals surface area contributed by atoms with E-state index in [1.807, 2.05) is 49.1 Å². The molecule has 0 radical (unpaired) electrons. The molecule has 0 saturated carbocycles. The Bertz CT molecular complexity index is 986. The highest BCUT2D eigenvalue weighted by atomic mass is 32.2. The summed E-state index contributed by atoms with van der Waals surface area (Å²) in [5.41, 5.74) is 0. The summed E-state index contributed by atoms with van der Waals surface area (Å²) in [7, 11) is -3.58. The molecule has 6 heteroatoms. The standard InChI is InChI=1S/C22H28N2O3S/c1-16(2)12-22(25)23-14-19-8-5-11-24(21(19)15-23)28(26,27)20-10-9-17-6-3-4-7-18(17)13-20/h3-4,6-7,9-10,13,16,19,21H,5,8,11-12,14-15H2,1-2H3/t19-,21+/m1/s1. The van der Waals surface area contributed by atoms with Crippen molar-refractivity contribution in [3.8, 4) is 0 Å². The van der Waals surface area contributed by atoms with Crippen LogP contribution < -0.4 is 0 Å². The number of hydrogen-bond acceptors (Lipinski definition) is 3. The molecule has 2 aromatic rings. The van der Waals surface area contributed by atoms with E-state index in [-0.39, 0.29) is 17.9 Å². The van der Waals surface area contributed by atoms with Crippen LogP contribution in [0.4, 0.5) is 0 Å². The number of nitrogens with zero attached hydrogens (tertiary/aromatic N) is 2. The van der Waals surface area contributed by atoms with Crippen molar-refractivity contribution in [2.75, 3.05) is 19.6 Å². The highest BCUT2D eigenvalue weighted by Crippen LogP contribution is 2.35. The fraction of sp³-hybridized carbons (Fsp3) is 0.500. The molecule has 0 unspecified atom stereocenters. The molecule has 1 amide bonds. The van der Waals surface area contributed by atoms with E-state index in [1.165, 1.54) is 0 Å². The van der Waals surface area contributed by atoms with Crippen LogP contribution in [0.25, 0.3) is 10.8 Å². The predicted octanol–water partition coefficient (Wildman–Crippen LogP) is 3.50. The Morgan fingerprint density at radius 3 is 2.61 bits per heavy atom. The molecule has 2 saturated heterocycles. The van der Waals surface area contributed by atoms with Crippen molar-refractivity contribution in [1.29, 1.82) is 0 Å². The van der Waals surface area contributed by atoms with Gasteiger partial charge in [-0.3, -0.25) is 4.79 Å². The second-order valence-electron chi connectivity index (χ2n) is 8.49. The lowest BCUT2D eigenvalue weighted by molar-refractivity contribution is -0.131. The zero-order valence-corrected chi connectivity index (χ0v) is 17.4. The third kappa shape index (κ3) is 3.55. The zero-order chi connectivity index (χ0) is 19.9. The summed E-state index contributed by atoms with van der Waals surface area (Å²) in [5, 5.41) is 1.96. The van der Waals surface area contributed by atoms with Gasteiger partial charge in [0.25, 0.3) is 0 Å². The van der Waals surface area contributed by atoms with Crippen LogP contribution in [0.3, 0.4) is 0 Å². The van der Waals surface area contributed by atoms with Gasteiger partial charge in [-0.1, -0.05) is 44.2 Å². The Kier molecular flexibility index (Phi) is 5.19. The van der Waals surface area contributed by atoms with Gasteiger partial charge in [0, 0.05) is 32.1 Å². The van der Waals surface area contributed by atoms with Gasteiger partial charge in [0.05, 0.1) is 4.90 Å². The molecule has 2 fully saturated rings. The summed E-state index contributed by atoms with van der Waals surface area (Å²) in [6.45, 7) is 5.81. The summed E-state index contributed by atoms with van der Waals surface area (Å²) >= 11 is 0. The van der Waals surface area contributed by atoms with E-state index in [9.17, 15) is 13.2 Å². The summed E-state index contributed by atoms with van der Waals surface area (Å²) in [6, 6.07) is 13.0. The predicted molar refractivity (Wildman–Crippen MR) is 110 cm³/mol. The summed E-state index contributed by atoms with van der Waals surface area (Å²) < 4.78 is 28.6. The van der Waals surface area contributed by atoms with Gasteiger partial charge in [-0.2, -0.15) is 4.31 Å². The third-order valence-corrected chi connectivity index (χ3v) is 7.91. The number of likely N-dealkylation sites (tertiary alicyclic amines) is 1. The molecule has 0 bridgehead atoms. The fourth-order valence-electron chi connectivity index (χ4n) is 4.58. The Hall–Kier alpha value is -1.92. The minimum Gasteiger partial charge on any atom is -0.341 e. The van der Waals surface area contributed by atoms with Gasteiger partial charge in [-0.25, -0.2) is 8.42 Å². The van der Waals surface area contributed by atoms with Crippen molar-refractivity contribution in [3.05, 3.63) is 42.5 Å². The van der Waals surface area contributed by atoms with Crippen LogP contribution >= 0.6 is 0 Å². The SMILES string of the molecule is CC(C)CC(=O)N1C[C@H]2CCCN(S(=O)(=O)c3ccc4ccccc4c3)[C@H]2C1. The second kappa shape index (κ2) is 7.48. The van der Waals surface area contributed by atoms with Gasteiger partial charge in [0.1, 0.15) is 0 Å². The lowest BCUT2D eigenvalue weighted by Crippen LogP contribution is -2.48. The molecule has 2 atom stereocenters. The number of piperidine rings is 1. The van der Waals surface area contributed by atoms with Crippen LogP contribution in [-0.2, 0) is 14.8 Å². The maximum atomic E-state index is 13.5. The number of benzene rings is 2. The van der Waals surface area contributed by atoms with Crippen molar-refractivity contribution in [1.82, 2.24) is 9.21 Å². The monoisotopic (exact) mass is 400 g/mol. The first-order valence-electron chi connectivity index (χ1n) is 10.1. The number of hydrogen-bond donors (Lipinski definition) is 0. The van der Waals surface area contributed by atoms with Crippen molar-refractivity contribution < 1.29 is 13.2 Å². The molecule has 5 nitrogen and oxygen atoms in total. The molecule has 4 rings (SSSR count). The van der Waals surface area contributed by atoms with E-state index in [4.69, 9.17) is 0 Å². The van der Waals surface area contributed by atoms with Crippen LogP contribution in [0.2, 0.25) is 0 Å². The highest BCUT2D eigenvalue weighted by molar-refractivity contribution is 7.89. The van der Waals surface area contributed by atoms with Crippen LogP contribution in [0, 0.1) is 11.8 Å². The van der Waals surface area contributed by atoms with E-state index in [2.05, 4.69) is 0 Å². The smallest absolute Gasteiger partial charge is 0.243 e. The molecule has 0 spiro atoms. The molecule has 2 aliphatic heterocycles. The zero-order valence-electron chi connectivity index (χ0n) is 16.5. The maximum Gasteiger partial charge on any atom is 0.243 e. The van der Waals surface area contributed by atoms with Gasteiger partial charge >= 0.3 is 0 Å². The Morgan fingerprint density at radius 2 is 1.86 bits per heavy atom. The van der Waals surface area contributed by atoms with E-state index < -0.39 is 10.0 Å². The largest absolute Gasteiger partial charge is 0.341 e. The van der Waals surface area contributed by atoms with E-state index in [0.29, 0.717) is 36.9 Å². The summed E-state index contributed by atoms with van der Waals surface area (Å²) in [5.74, 6) is 0.695. The van der Waals surface area contributed by atoms with Crippen molar-refractivity contribution in [3.63, 3.8) is 0 Å². The van der Waals surface area contributed by atoms with Crippen molar-refractivity contribution in [2.45, 2.75) is 44.0 Å². The molecule has 0 aliphatic carbocycles. The topological polar surface area (TPSA) is 57.7 Å². The molecule has 150 valence electrons. The first-order chi connectivity index (χ1) is 13.4. The average Bonchev–Trinajstić information content (AvgIpc) is 3.11. The first-order valence-corrected chi connectivity index (χ1v) is 11.6. The summed E-state index contributed by atoms with van der Waals surface area (Å²) in [6.07, 6.45) is 2.36. The quantitative estimate of drug-likeness (QED) is 0.789. The molecule has 28 heavy (non-hydrogen) atoms. The Morgan fingerprint density at radius 1 is 1.11 bits per heavy atom. The Labute approximate surface area is 167 Å². The lowest BCUT2D eigenvalue weighted by atomic mass is 9.94. The number of fused-ring (bicyclic) bond motifs is 2. The molecule has 2 heterocycles. The first kappa shape index (κ1) is 19.4. The van der Waals surface area contributed by atoms with Crippen LogP contribution in [0.1, 0.15) is 33.1 Å². The van der Waals surface area contributed by atoms with Gasteiger partial charge in [-0.05, 0) is 47.6 Å². The minimum absolute atomic E-state index is 0.110. The molecule has 0 aromatic heterocycles. The molecular formula is C22H28N2O3S. The number of carbonyl (C=O) groups excluding carboxylic acids is 1. The van der Waals surface area contributed by atoms with Gasteiger partial charge in [-0.15, -0.1) is 0 Å². The normalized spacial score (nSPS) is 23.3. The molecular weight excluding hydrogens is 372 g/mol. The number of carbonyl (C=O) groups is 1. The van der Waals surface area contributed by atoms with Gasteiger partial charge in [0.15, 0.2) is 0 Å². The van der Waals surface area contributed by atoms with E-state index >= 15 is 0 Å². The van der Waals surface area contributed by atoms with Gasteiger partial charge < -0.3 is 4.90 Å². The minimum atomic E-state index is -3.58. The molecule has 2 aliphatic rings. The number of sulfonamides is 1. The molecule has 0 N–H and O–H groups in total. The Balaban J connectivity index is 1.61. The van der Waals surface area contributed by atoms with E-state index in [0.717, 1.165) is 23.6 Å². The maximum absolute atomic E-state index is 13.5. The molecule has 2 aromatic carbocycles. The lowest BCUT2D eigenvalue weighted by Gasteiger charge is -2.35.